The number of benzene rings is 1. The predicted molar refractivity (Wildman–Crippen MR) is 90.7 cm³/mol. The molecule has 1 unspecified atom stereocenters. The maximum Gasteiger partial charge on any atom is 0.252 e. The van der Waals surface area contributed by atoms with Crippen molar-refractivity contribution < 1.29 is 4.79 Å². The summed E-state index contributed by atoms with van der Waals surface area (Å²) in [4.78, 5) is 14.2. The number of carbonyl (C=O) groups is 1. The van der Waals surface area contributed by atoms with Gasteiger partial charge in [-0.05, 0) is 66.8 Å². The number of fused-ring (bicyclic) bond motifs is 2. The molecule has 0 saturated carbocycles. The van der Waals surface area contributed by atoms with E-state index in [0.717, 1.165) is 49.9 Å². The van der Waals surface area contributed by atoms with Crippen molar-refractivity contribution >= 4 is 22.9 Å². The van der Waals surface area contributed by atoms with Gasteiger partial charge in [0, 0.05) is 22.7 Å². The van der Waals surface area contributed by atoms with Crippen LogP contribution in [0.4, 0.5) is 5.69 Å². The van der Waals surface area contributed by atoms with E-state index in [0.29, 0.717) is 0 Å². The van der Waals surface area contributed by atoms with Crippen LogP contribution >= 0.6 is 11.3 Å². The van der Waals surface area contributed by atoms with Crippen molar-refractivity contribution in [1.82, 2.24) is 5.32 Å². The maximum atomic E-state index is 12.8. The monoisotopic (exact) mass is 312 g/mol. The number of nitrogens with one attached hydrogen (secondary N) is 2. The van der Waals surface area contributed by atoms with Crippen LogP contribution in [0.2, 0.25) is 0 Å². The Morgan fingerprint density at radius 3 is 3.14 bits per heavy atom. The van der Waals surface area contributed by atoms with E-state index in [2.05, 4.69) is 28.1 Å². The summed E-state index contributed by atoms with van der Waals surface area (Å²) in [6, 6.07) is 8.35. The highest BCUT2D eigenvalue weighted by atomic mass is 32.1. The smallest absolute Gasteiger partial charge is 0.252 e. The van der Waals surface area contributed by atoms with Crippen molar-refractivity contribution in [2.24, 2.45) is 0 Å². The molecule has 4 heteroatoms. The molecule has 3 nitrogen and oxygen atoms in total. The lowest BCUT2D eigenvalue weighted by atomic mass is 9.92. The molecule has 1 aliphatic heterocycles. The van der Waals surface area contributed by atoms with Crippen LogP contribution in [0.5, 0.6) is 0 Å². The van der Waals surface area contributed by atoms with Crippen LogP contribution in [0, 0.1) is 0 Å². The summed E-state index contributed by atoms with van der Waals surface area (Å²) >= 11 is 1.81. The average Bonchev–Trinajstić information content (AvgIpc) is 3.04. The van der Waals surface area contributed by atoms with Crippen LogP contribution < -0.4 is 10.6 Å². The number of amides is 1. The number of anilines is 1. The molecule has 0 spiro atoms. The van der Waals surface area contributed by atoms with Crippen LogP contribution in [0.15, 0.2) is 29.6 Å². The average molecular weight is 312 g/mol. The number of thiophene rings is 1. The lowest BCUT2D eigenvalue weighted by Gasteiger charge is -2.25. The molecule has 2 aromatic rings. The fraction of sp³-hybridized carbons (Fsp3) is 0.389. The first-order chi connectivity index (χ1) is 10.8. The van der Waals surface area contributed by atoms with Gasteiger partial charge in [-0.25, -0.2) is 0 Å². The van der Waals surface area contributed by atoms with Gasteiger partial charge in [0.05, 0.1) is 6.04 Å². The van der Waals surface area contributed by atoms with Gasteiger partial charge in [-0.1, -0.05) is 6.07 Å². The van der Waals surface area contributed by atoms with Gasteiger partial charge in [0.15, 0.2) is 0 Å². The summed E-state index contributed by atoms with van der Waals surface area (Å²) in [7, 11) is 0. The minimum atomic E-state index is 0.0737. The molecule has 4 rings (SSSR count). The van der Waals surface area contributed by atoms with Gasteiger partial charge in [-0.2, -0.15) is 0 Å². The fourth-order valence-electron chi connectivity index (χ4n) is 3.60. The van der Waals surface area contributed by atoms with Crippen molar-refractivity contribution in [2.75, 3.05) is 11.9 Å². The van der Waals surface area contributed by atoms with Gasteiger partial charge < -0.3 is 10.6 Å². The van der Waals surface area contributed by atoms with Crippen LogP contribution in [-0.2, 0) is 12.8 Å². The van der Waals surface area contributed by atoms with Crippen molar-refractivity contribution in [3.05, 3.63) is 51.2 Å². The van der Waals surface area contributed by atoms with Crippen molar-refractivity contribution in [2.45, 2.75) is 38.1 Å². The van der Waals surface area contributed by atoms with Crippen LogP contribution in [0.3, 0.4) is 0 Å². The molecule has 1 aromatic heterocycles. The summed E-state index contributed by atoms with van der Waals surface area (Å²) in [5, 5.41) is 8.80. The zero-order valence-electron chi connectivity index (χ0n) is 12.5. The number of rotatable bonds is 2. The molecule has 1 aromatic carbocycles. The third kappa shape index (κ3) is 2.41. The third-order valence-electron chi connectivity index (χ3n) is 4.70. The molecule has 1 amide bonds. The van der Waals surface area contributed by atoms with Gasteiger partial charge in [0.1, 0.15) is 0 Å². The second kappa shape index (κ2) is 5.76. The Bertz CT molecular complexity index is 707. The van der Waals surface area contributed by atoms with E-state index < -0.39 is 0 Å². The van der Waals surface area contributed by atoms with Crippen LogP contribution in [-0.4, -0.2) is 12.5 Å². The Balaban J connectivity index is 1.59. The van der Waals surface area contributed by atoms with E-state index in [9.17, 15) is 4.79 Å². The second-order valence-corrected chi connectivity index (χ2v) is 7.08. The normalized spacial score (nSPS) is 19.7. The Labute approximate surface area is 134 Å². The van der Waals surface area contributed by atoms with E-state index in [1.165, 1.54) is 16.0 Å². The minimum absolute atomic E-state index is 0.0737. The van der Waals surface area contributed by atoms with Crippen molar-refractivity contribution in [1.29, 1.82) is 0 Å². The topological polar surface area (TPSA) is 41.1 Å². The second-order valence-electron chi connectivity index (χ2n) is 6.08. The third-order valence-corrected chi connectivity index (χ3v) is 5.69. The number of hydrogen-bond acceptors (Lipinski definition) is 3. The lowest BCUT2D eigenvalue weighted by molar-refractivity contribution is 0.0932. The first kappa shape index (κ1) is 13.8. The van der Waals surface area contributed by atoms with Crippen LogP contribution in [0.25, 0.3) is 0 Å². The highest BCUT2D eigenvalue weighted by Crippen LogP contribution is 2.34. The first-order valence-corrected chi connectivity index (χ1v) is 8.94. The Kier molecular flexibility index (Phi) is 3.62. The summed E-state index contributed by atoms with van der Waals surface area (Å²) < 4.78 is 0. The van der Waals surface area contributed by atoms with Gasteiger partial charge in [-0.15, -0.1) is 11.3 Å². The van der Waals surface area contributed by atoms with E-state index in [1.54, 1.807) is 0 Å². The van der Waals surface area contributed by atoms with Gasteiger partial charge in [-0.3, -0.25) is 4.79 Å². The van der Waals surface area contributed by atoms with E-state index >= 15 is 0 Å². The molecule has 2 heterocycles. The molecule has 0 fully saturated rings. The SMILES string of the molecule is O=C(NC1CCCc2sccc21)c1cccc2c1CCCN2. The molecular formula is C18H20N2OS. The number of carbonyl (C=O) groups excluding carboxylic acids is 1. The molecule has 2 aliphatic rings. The Morgan fingerprint density at radius 2 is 2.18 bits per heavy atom. The molecule has 2 N–H and O–H groups in total. The molecular weight excluding hydrogens is 292 g/mol. The molecule has 0 bridgehead atoms. The standard InChI is InChI=1S/C18H20N2OS/c21-18(13-4-1-6-15-12(13)5-3-10-19-15)20-16-7-2-8-17-14(16)9-11-22-17/h1,4,6,9,11,16,19H,2-3,5,7-8,10H2,(H,20,21). The molecule has 1 atom stereocenters. The van der Waals surface area contributed by atoms with Gasteiger partial charge in [0.25, 0.3) is 5.91 Å². The Morgan fingerprint density at radius 1 is 1.23 bits per heavy atom. The quantitative estimate of drug-likeness (QED) is 0.882. The lowest BCUT2D eigenvalue weighted by Crippen LogP contribution is -2.31. The summed E-state index contributed by atoms with van der Waals surface area (Å²) in [5.74, 6) is 0.0737. The summed E-state index contributed by atoms with van der Waals surface area (Å²) in [6.45, 7) is 0.999. The summed E-state index contributed by atoms with van der Waals surface area (Å²) in [6.07, 6.45) is 5.44. The fourth-order valence-corrected chi connectivity index (χ4v) is 4.58. The van der Waals surface area contributed by atoms with E-state index in [4.69, 9.17) is 0 Å². The predicted octanol–water partition coefficient (Wildman–Crippen LogP) is 3.91. The largest absolute Gasteiger partial charge is 0.385 e. The van der Waals surface area contributed by atoms with Gasteiger partial charge in [0.2, 0.25) is 0 Å². The van der Waals surface area contributed by atoms with Gasteiger partial charge >= 0.3 is 0 Å². The first-order valence-electron chi connectivity index (χ1n) is 8.06. The summed E-state index contributed by atoms with van der Waals surface area (Å²) in [5.41, 5.74) is 4.46. The van der Waals surface area contributed by atoms with E-state index in [-0.39, 0.29) is 11.9 Å². The van der Waals surface area contributed by atoms with Crippen molar-refractivity contribution in [3.63, 3.8) is 0 Å². The highest BCUT2D eigenvalue weighted by Gasteiger charge is 2.24. The minimum Gasteiger partial charge on any atom is -0.385 e. The molecule has 0 radical (unpaired) electrons. The number of hydrogen-bond donors (Lipinski definition) is 2. The van der Waals surface area contributed by atoms with Crippen molar-refractivity contribution in [3.8, 4) is 0 Å². The number of aryl methyl sites for hydroxylation is 1. The molecule has 0 saturated heterocycles. The molecule has 114 valence electrons. The zero-order valence-corrected chi connectivity index (χ0v) is 13.3. The zero-order chi connectivity index (χ0) is 14.9. The highest BCUT2D eigenvalue weighted by molar-refractivity contribution is 7.10. The Hall–Kier alpha value is -1.81. The molecule has 1 aliphatic carbocycles. The molecule has 22 heavy (non-hydrogen) atoms. The maximum absolute atomic E-state index is 12.8. The van der Waals surface area contributed by atoms with E-state index in [1.807, 2.05) is 23.5 Å². The van der Waals surface area contributed by atoms with Crippen LogP contribution in [0.1, 0.15) is 51.7 Å².